The van der Waals surface area contributed by atoms with Crippen LogP contribution in [0.15, 0.2) is 42.5 Å². The van der Waals surface area contributed by atoms with Crippen molar-refractivity contribution >= 4 is 40.5 Å². The number of halogens is 2. The van der Waals surface area contributed by atoms with Gasteiger partial charge in [0.05, 0.1) is 20.7 Å². The molecule has 2 aromatic rings. The fourth-order valence-electron chi connectivity index (χ4n) is 1.79. The average Bonchev–Trinajstić information content (AvgIpc) is 2.52. The molecule has 1 unspecified atom stereocenters. The zero-order valence-corrected chi connectivity index (χ0v) is 13.5. The van der Waals surface area contributed by atoms with Crippen molar-refractivity contribution in [3.63, 3.8) is 0 Å². The van der Waals surface area contributed by atoms with Gasteiger partial charge in [0.1, 0.15) is 0 Å². The smallest absolute Gasteiger partial charge is 0.310 e. The van der Waals surface area contributed by atoms with E-state index in [0.717, 1.165) is 0 Å². The minimum Gasteiger partial charge on any atom is -0.474 e. The molecule has 0 heterocycles. The van der Waals surface area contributed by atoms with Crippen LogP contribution >= 0.6 is 23.2 Å². The third kappa shape index (κ3) is 4.12. The van der Waals surface area contributed by atoms with Gasteiger partial charge in [0.2, 0.25) is 0 Å². The van der Waals surface area contributed by atoms with Crippen molar-refractivity contribution in [2.45, 2.75) is 13.0 Å². The number of ether oxygens (including phenoxy) is 1. The predicted octanol–water partition coefficient (Wildman–Crippen LogP) is 4.31. The molecule has 2 aromatic carbocycles. The lowest BCUT2D eigenvalue weighted by Gasteiger charge is -2.15. The highest BCUT2D eigenvalue weighted by Gasteiger charge is 2.21. The molecule has 1 N–H and O–H groups in total. The van der Waals surface area contributed by atoms with E-state index in [1.807, 2.05) is 0 Å². The highest BCUT2D eigenvalue weighted by Crippen LogP contribution is 2.30. The van der Waals surface area contributed by atoms with Crippen LogP contribution in [-0.2, 0) is 4.79 Å². The summed E-state index contributed by atoms with van der Waals surface area (Å²) in [6.45, 7) is 1.48. The second-order valence-electron chi connectivity index (χ2n) is 4.58. The number of carbonyl (C=O) groups is 1. The molecule has 0 bridgehead atoms. The second-order valence-corrected chi connectivity index (χ2v) is 5.36. The van der Waals surface area contributed by atoms with Crippen LogP contribution < -0.4 is 10.1 Å². The monoisotopic (exact) mass is 354 g/mol. The van der Waals surface area contributed by atoms with Gasteiger partial charge in [-0.25, -0.2) is 0 Å². The van der Waals surface area contributed by atoms with Crippen molar-refractivity contribution in [1.29, 1.82) is 0 Å². The first-order valence-electron chi connectivity index (χ1n) is 6.55. The van der Waals surface area contributed by atoms with E-state index in [1.165, 1.54) is 25.1 Å². The van der Waals surface area contributed by atoms with Gasteiger partial charge >= 0.3 is 5.69 Å². The molecular weight excluding hydrogens is 343 g/mol. The maximum Gasteiger partial charge on any atom is 0.310 e. The van der Waals surface area contributed by atoms with E-state index < -0.39 is 16.9 Å². The van der Waals surface area contributed by atoms with E-state index in [0.29, 0.717) is 10.7 Å². The summed E-state index contributed by atoms with van der Waals surface area (Å²) < 4.78 is 5.38. The molecule has 1 amide bonds. The normalized spacial score (nSPS) is 11.6. The first-order valence-corrected chi connectivity index (χ1v) is 7.30. The number of para-hydroxylation sites is 2. The van der Waals surface area contributed by atoms with Crippen molar-refractivity contribution in [3.05, 3.63) is 62.6 Å². The molecule has 0 saturated heterocycles. The molecular formula is C15H12Cl2N2O4. The Kier molecular flexibility index (Phi) is 5.41. The van der Waals surface area contributed by atoms with Crippen LogP contribution in [0.3, 0.4) is 0 Å². The lowest BCUT2D eigenvalue weighted by Crippen LogP contribution is -2.30. The molecule has 120 valence electrons. The molecule has 0 aliphatic rings. The number of nitro benzene ring substituents is 1. The number of anilines is 1. The van der Waals surface area contributed by atoms with E-state index in [4.69, 9.17) is 27.9 Å². The number of hydrogen-bond acceptors (Lipinski definition) is 4. The van der Waals surface area contributed by atoms with E-state index in [9.17, 15) is 14.9 Å². The first-order chi connectivity index (χ1) is 10.9. The van der Waals surface area contributed by atoms with Crippen LogP contribution in [0.4, 0.5) is 11.4 Å². The number of amides is 1. The largest absolute Gasteiger partial charge is 0.474 e. The summed E-state index contributed by atoms with van der Waals surface area (Å²) in [5, 5.41) is 14.0. The number of nitrogens with zero attached hydrogens (tertiary/aromatic N) is 1. The molecule has 6 nitrogen and oxygen atoms in total. The molecule has 0 spiro atoms. The van der Waals surface area contributed by atoms with Crippen LogP contribution in [0.25, 0.3) is 0 Å². The number of benzene rings is 2. The van der Waals surface area contributed by atoms with E-state index in [-0.39, 0.29) is 16.5 Å². The van der Waals surface area contributed by atoms with Crippen molar-refractivity contribution in [3.8, 4) is 5.75 Å². The van der Waals surface area contributed by atoms with Crippen LogP contribution in [0.1, 0.15) is 6.92 Å². The summed E-state index contributed by atoms with van der Waals surface area (Å²) >= 11 is 11.9. The van der Waals surface area contributed by atoms with Gasteiger partial charge in [-0.15, -0.1) is 0 Å². The van der Waals surface area contributed by atoms with Gasteiger partial charge in [-0.3, -0.25) is 14.9 Å². The summed E-state index contributed by atoms with van der Waals surface area (Å²) in [4.78, 5) is 22.5. The van der Waals surface area contributed by atoms with Crippen molar-refractivity contribution in [2.75, 3.05) is 5.32 Å². The van der Waals surface area contributed by atoms with Gasteiger partial charge in [-0.2, -0.15) is 0 Å². The Morgan fingerprint density at radius 3 is 2.61 bits per heavy atom. The highest BCUT2D eigenvalue weighted by atomic mass is 35.5. The summed E-state index contributed by atoms with van der Waals surface area (Å²) in [5.74, 6) is -0.496. The molecule has 1 atom stereocenters. The summed E-state index contributed by atoms with van der Waals surface area (Å²) in [7, 11) is 0. The fourth-order valence-corrected chi connectivity index (χ4v) is 2.13. The summed E-state index contributed by atoms with van der Waals surface area (Å²) in [6, 6.07) is 10.6. The minimum atomic E-state index is -0.967. The topological polar surface area (TPSA) is 81.5 Å². The third-order valence-electron chi connectivity index (χ3n) is 2.94. The molecule has 0 aliphatic heterocycles. The summed E-state index contributed by atoms with van der Waals surface area (Å²) in [5.41, 5.74) is 0.120. The van der Waals surface area contributed by atoms with Crippen molar-refractivity contribution < 1.29 is 14.5 Å². The SMILES string of the molecule is CC(Oc1ccccc1[N+](=O)[O-])C(=O)Nc1cccc(Cl)c1Cl. The molecule has 0 aromatic heterocycles. The van der Waals surface area contributed by atoms with Gasteiger partial charge in [0, 0.05) is 6.07 Å². The number of hydrogen-bond donors (Lipinski definition) is 1. The quantitative estimate of drug-likeness (QED) is 0.640. The second kappa shape index (κ2) is 7.30. The molecule has 0 aliphatic carbocycles. The van der Waals surface area contributed by atoms with Crippen molar-refractivity contribution in [1.82, 2.24) is 0 Å². The predicted molar refractivity (Wildman–Crippen MR) is 88.3 cm³/mol. The molecule has 0 saturated carbocycles. The Hall–Kier alpha value is -2.31. The van der Waals surface area contributed by atoms with Gasteiger partial charge in [-0.1, -0.05) is 41.4 Å². The Morgan fingerprint density at radius 2 is 1.91 bits per heavy atom. The maximum atomic E-state index is 12.2. The zero-order chi connectivity index (χ0) is 17.0. The van der Waals surface area contributed by atoms with E-state index in [2.05, 4.69) is 5.32 Å². The lowest BCUT2D eigenvalue weighted by atomic mass is 10.2. The standard InChI is InChI=1S/C15H12Cl2N2O4/c1-9(23-13-8-3-2-7-12(13)19(21)22)15(20)18-11-6-4-5-10(16)14(11)17/h2-9H,1H3,(H,18,20). The summed E-state index contributed by atoms with van der Waals surface area (Å²) in [6.07, 6.45) is -0.967. The van der Waals surface area contributed by atoms with Crippen LogP contribution in [0, 0.1) is 10.1 Å². The fraction of sp³-hybridized carbons (Fsp3) is 0.133. The molecule has 8 heteroatoms. The minimum absolute atomic E-state index is 0.0114. The van der Waals surface area contributed by atoms with Gasteiger partial charge in [0.15, 0.2) is 11.9 Å². The molecule has 23 heavy (non-hydrogen) atoms. The van der Waals surface area contributed by atoms with Crippen molar-refractivity contribution in [2.24, 2.45) is 0 Å². The lowest BCUT2D eigenvalue weighted by molar-refractivity contribution is -0.386. The molecule has 0 fully saturated rings. The number of nitro groups is 1. The van der Waals surface area contributed by atoms with E-state index in [1.54, 1.807) is 24.3 Å². The Bertz CT molecular complexity index is 752. The third-order valence-corrected chi connectivity index (χ3v) is 3.76. The van der Waals surface area contributed by atoms with E-state index >= 15 is 0 Å². The number of nitrogens with one attached hydrogen (secondary N) is 1. The average molecular weight is 355 g/mol. The van der Waals surface area contributed by atoms with Crippen LogP contribution in [0.2, 0.25) is 10.0 Å². The highest BCUT2D eigenvalue weighted by molar-refractivity contribution is 6.44. The Balaban J connectivity index is 2.12. The molecule has 2 rings (SSSR count). The van der Waals surface area contributed by atoms with Crippen LogP contribution in [0.5, 0.6) is 5.75 Å². The number of carbonyl (C=O) groups excluding carboxylic acids is 1. The first kappa shape index (κ1) is 17.1. The maximum absolute atomic E-state index is 12.2. The van der Waals surface area contributed by atoms with Gasteiger partial charge in [0.25, 0.3) is 5.91 Å². The van der Waals surface area contributed by atoms with Crippen LogP contribution in [-0.4, -0.2) is 16.9 Å². The zero-order valence-electron chi connectivity index (χ0n) is 12.0. The number of rotatable bonds is 5. The Morgan fingerprint density at radius 1 is 1.22 bits per heavy atom. The van der Waals surface area contributed by atoms with Gasteiger partial charge < -0.3 is 10.1 Å². The Labute approximate surface area is 142 Å². The van der Waals surface area contributed by atoms with Gasteiger partial charge in [-0.05, 0) is 25.1 Å². The molecule has 0 radical (unpaired) electrons.